The number of likely N-dealkylation sites (tertiary alicyclic amines) is 1. The van der Waals surface area contributed by atoms with Gasteiger partial charge >= 0.3 is 0 Å². The predicted octanol–water partition coefficient (Wildman–Crippen LogP) is 3.05. The number of hydrogen-bond acceptors (Lipinski definition) is 2. The molecule has 0 saturated carbocycles. The summed E-state index contributed by atoms with van der Waals surface area (Å²) in [5.41, 5.74) is 2.64. The summed E-state index contributed by atoms with van der Waals surface area (Å²) in [6.45, 7) is 5.58. The van der Waals surface area contributed by atoms with E-state index in [0.717, 1.165) is 30.6 Å². The second-order valence-electron chi connectivity index (χ2n) is 6.33. The second-order valence-corrected chi connectivity index (χ2v) is 6.33. The predicted molar refractivity (Wildman–Crippen MR) is 82.2 cm³/mol. The van der Waals surface area contributed by atoms with Crippen LogP contribution in [0.5, 0.6) is 0 Å². The van der Waals surface area contributed by atoms with E-state index in [1.54, 1.807) is 12.1 Å². The van der Waals surface area contributed by atoms with E-state index in [0.29, 0.717) is 12.1 Å². The van der Waals surface area contributed by atoms with Gasteiger partial charge in [-0.2, -0.15) is 5.10 Å². The first-order valence-corrected chi connectivity index (χ1v) is 7.55. The maximum absolute atomic E-state index is 13.0. The van der Waals surface area contributed by atoms with Crippen molar-refractivity contribution < 1.29 is 9.18 Å². The van der Waals surface area contributed by atoms with E-state index >= 15 is 0 Å². The summed E-state index contributed by atoms with van der Waals surface area (Å²) in [7, 11) is 0. The van der Waals surface area contributed by atoms with E-state index in [4.69, 9.17) is 0 Å². The minimum Gasteiger partial charge on any atom is -0.338 e. The number of aryl methyl sites for hydroxylation is 1. The minimum atomic E-state index is -0.326. The highest BCUT2D eigenvalue weighted by atomic mass is 19.1. The molecule has 0 aliphatic carbocycles. The van der Waals surface area contributed by atoms with Crippen LogP contribution in [0, 0.1) is 12.7 Å². The van der Waals surface area contributed by atoms with Crippen LogP contribution in [0.2, 0.25) is 0 Å². The van der Waals surface area contributed by atoms with Crippen LogP contribution < -0.4 is 0 Å². The van der Waals surface area contributed by atoms with Crippen molar-refractivity contribution in [3.63, 3.8) is 0 Å². The zero-order chi connectivity index (χ0) is 15.7. The van der Waals surface area contributed by atoms with E-state index < -0.39 is 0 Å². The summed E-state index contributed by atoms with van der Waals surface area (Å²) in [5, 5.41) is 7.19. The lowest BCUT2D eigenvalue weighted by Gasteiger charge is -2.40. The molecule has 1 fully saturated rings. The third-order valence-electron chi connectivity index (χ3n) is 4.51. The molecule has 1 aromatic carbocycles. The summed E-state index contributed by atoms with van der Waals surface area (Å²) in [4.78, 5) is 14.5. The van der Waals surface area contributed by atoms with Gasteiger partial charge in [-0.05, 0) is 49.6 Å². The van der Waals surface area contributed by atoms with Gasteiger partial charge in [0, 0.05) is 29.8 Å². The van der Waals surface area contributed by atoms with Crippen molar-refractivity contribution in [1.82, 2.24) is 15.1 Å². The lowest BCUT2D eigenvalue weighted by Crippen LogP contribution is -2.47. The van der Waals surface area contributed by atoms with Crippen LogP contribution in [0.25, 0.3) is 0 Å². The quantitative estimate of drug-likeness (QED) is 0.927. The Kier molecular flexibility index (Phi) is 3.72. The molecular weight excluding hydrogens is 281 g/mol. The first kappa shape index (κ1) is 14.8. The van der Waals surface area contributed by atoms with Crippen LogP contribution in [0.1, 0.15) is 41.4 Å². The topological polar surface area (TPSA) is 49.0 Å². The molecule has 4 nitrogen and oxygen atoms in total. The Labute approximate surface area is 129 Å². The van der Waals surface area contributed by atoms with Gasteiger partial charge in [0.25, 0.3) is 5.91 Å². The number of halogens is 1. The third-order valence-corrected chi connectivity index (χ3v) is 4.51. The molecule has 1 N–H and O–H groups in total. The highest BCUT2D eigenvalue weighted by Gasteiger charge is 2.36. The number of carbonyl (C=O) groups is 1. The number of rotatable bonds is 2. The molecule has 116 valence electrons. The van der Waals surface area contributed by atoms with Gasteiger partial charge in [0.15, 0.2) is 0 Å². The van der Waals surface area contributed by atoms with E-state index in [-0.39, 0.29) is 17.1 Å². The van der Waals surface area contributed by atoms with E-state index in [1.807, 2.05) is 18.0 Å². The Morgan fingerprint density at radius 3 is 2.73 bits per heavy atom. The van der Waals surface area contributed by atoms with Gasteiger partial charge in [0.2, 0.25) is 0 Å². The summed E-state index contributed by atoms with van der Waals surface area (Å²) in [6.07, 6.45) is 3.78. The van der Waals surface area contributed by atoms with Crippen LogP contribution in [-0.2, 0) is 5.41 Å². The highest BCUT2D eigenvalue weighted by molar-refractivity contribution is 5.94. The summed E-state index contributed by atoms with van der Waals surface area (Å²) in [6, 6.07) is 5.75. The van der Waals surface area contributed by atoms with E-state index in [1.165, 1.54) is 12.1 Å². The Balaban J connectivity index is 1.82. The fourth-order valence-electron chi connectivity index (χ4n) is 3.35. The van der Waals surface area contributed by atoms with Crippen LogP contribution in [-0.4, -0.2) is 34.1 Å². The van der Waals surface area contributed by atoms with Crippen molar-refractivity contribution in [2.75, 3.05) is 13.1 Å². The summed E-state index contributed by atoms with van der Waals surface area (Å²) < 4.78 is 13.0. The van der Waals surface area contributed by atoms with Crippen LogP contribution >= 0.6 is 0 Å². The minimum absolute atomic E-state index is 0.0388. The maximum Gasteiger partial charge on any atom is 0.253 e. The largest absolute Gasteiger partial charge is 0.338 e. The Bertz CT molecular complexity index is 679. The smallest absolute Gasteiger partial charge is 0.253 e. The first-order chi connectivity index (χ1) is 10.5. The molecule has 1 aliphatic heterocycles. The number of nitrogens with one attached hydrogen (secondary N) is 1. The summed E-state index contributed by atoms with van der Waals surface area (Å²) >= 11 is 0. The molecule has 0 bridgehead atoms. The number of aromatic amines is 1. The number of hydrogen-bond donors (Lipinski definition) is 1. The molecule has 3 rings (SSSR count). The number of nitrogens with zero attached hydrogens (tertiary/aromatic N) is 2. The molecule has 1 amide bonds. The average Bonchev–Trinajstić information content (AvgIpc) is 2.94. The SMILES string of the molecule is Cc1cn[nH]c1[C@@]1(C)CCCN(C(=O)c2ccc(F)cc2)C1. The van der Waals surface area contributed by atoms with Gasteiger partial charge in [0.1, 0.15) is 5.82 Å². The second kappa shape index (κ2) is 5.55. The third kappa shape index (κ3) is 2.63. The lowest BCUT2D eigenvalue weighted by atomic mass is 9.77. The van der Waals surface area contributed by atoms with Gasteiger partial charge in [-0.1, -0.05) is 6.92 Å². The van der Waals surface area contributed by atoms with Gasteiger partial charge in [-0.15, -0.1) is 0 Å². The molecule has 2 heterocycles. The normalized spacial score (nSPS) is 21.9. The van der Waals surface area contributed by atoms with Crippen molar-refractivity contribution in [3.8, 4) is 0 Å². The summed E-state index contributed by atoms with van der Waals surface area (Å²) in [5.74, 6) is -0.365. The van der Waals surface area contributed by atoms with Crippen molar-refractivity contribution in [2.24, 2.45) is 0 Å². The van der Waals surface area contributed by atoms with Crippen molar-refractivity contribution in [3.05, 3.63) is 53.1 Å². The van der Waals surface area contributed by atoms with Crippen molar-refractivity contribution >= 4 is 5.91 Å². The fraction of sp³-hybridized carbons (Fsp3) is 0.412. The molecular formula is C17H20FN3O. The molecule has 0 spiro atoms. The van der Waals surface area contributed by atoms with Crippen molar-refractivity contribution in [1.29, 1.82) is 0 Å². The molecule has 1 saturated heterocycles. The Hall–Kier alpha value is -2.17. The molecule has 2 aromatic rings. The molecule has 5 heteroatoms. The number of piperidine rings is 1. The molecule has 22 heavy (non-hydrogen) atoms. The standard InChI is InChI=1S/C17H20FN3O/c1-12-10-19-20-15(12)17(2)8-3-9-21(11-17)16(22)13-4-6-14(18)7-5-13/h4-7,10H,3,8-9,11H2,1-2H3,(H,19,20)/t17-/m0/s1. The molecule has 0 radical (unpaired) electrons. The van der Waals surface area contributed by atoms with Gasteiger partial charge in [-0.25, -0.2) is 4.39 Å². The molecule has 1 aliphatic rings. The molecule has 1 atom stereocenters. The maximum atomic E-state index is 13.0. The van der Waals surface area contributed by atoms with Crippen LogP contribution in [0.3, 0.4) is 0 Å². The average molecular weight is 301 g/mol. The number of benzene rings is 1. The fourth-order valence-corrected chi connectivity index (χ4v) is 3.35. The zero-order valence-corrected chi connectivity index (χ0v) is 12.9. The van der Waals surface area contributed by atoms with Crippen LogP contribution in [0.15, 0.2) is 30.5 Å². The lowest BCUT2D eigenvalue weighted by molar-refractivity contribution is 0.0647. The Morgan fingerprint density at radius 1 is 1.36 bits per heavy atom. The number of aromatic nitrogens is 2. The molecule has 1 aromatic heterocycles. The van der Waals surface area contributed by atoms with Gasteiger partial charge < -0.3 is 4.90 Å². The number of amides is 1. The molecule has 0 unspecified atom stereocenters. The number of carbonyl (C=O) groups excluding carboxylic acids is 1. The highest BCUT2D eigenvalue weighted by Crippen LogP contribution is 2.34. The van der Waals surface area contributed by atoms with Gasteiger partial charge in [0.05, 0.1) is 6.20 Å². The first-order valence-electron chi connectivity index (χ1n) is 7.55. The number of H-pyrrole nitrogens is 1. The van der Waals surface area contributed by atoms with Crippen molar-refractivity contribution in [2.45, 2.75) is 32.1 Å². The van der Waals surface area contributed by atoms with E-state index in [9.17, 15) is 9.18 Å². The van der Waals surface area contributed by atoms with E-state index in [2.05, 4.69) is 17.1 Å². The van der Waals surface area contributed by atoms with Gasteiger partial charge in [-0.3, -0.25) is 9.89 Å². The van der Waals surface area contributed by atoms with Crippen LogP contribution in [0.4, 0.5) is 4.39 Å². The monoisotopic (exact) mass is 301 g/mol. The Morgan fingerprint density at radius 2 is 2.09 bits per heavy atom. The zero-order valence-electron chi connectivity index (χ0n) is 12.9.